The molecular formula is C24H22ClFN8O. The number of carbonyl (C=O) groups is 1. The molecular weight excluding hydrogens is 471 g/mol. The average Bonchev–Trinajstić information content (AvgIpc) is 3.47. The van der Waals surface area contributed by atoms with Crippen LogP contribution >= 0.6 is 11.6 Å². The molecule has 35 heavy (non-hydrogen) atoms. The second-order valence-electron chi connectivity index (χ2n) is 8.96. The first-order valence-corrected chi connectivity index (χ1v) is 11.4. The zero-order valence-corrected chi connectivity index (χ0v) is 19.8. The largest absolute Gasteiger partial charge is 0.365 e. The number of amides is 1. The van der Waals surface area contributed by atoms with Gasteiger partial charge in [-0.05, 0) is 32.0 Å². The van der Waals surface area contributed by atoms with Crippen molar-refractivity contribution in [3.8, 4) is 17.3 Å². The molecule has 0 aliphatic carbocycles. The van der Waals surface area contributed by atoms with Gasteiger partial charge in [0.15, 0.2) is 0 Å². The van der Waals surface area contributed by atoms with Crippen molar-refractivity contribution in [2.24, 2.45) is 0 Å². The number of hydrogen-bond donors (Lipinski definition) is 2. The first kappa shape index (κ1) is 22.8. The molecule has 4 heterocycles. The first-order valence-electron chi connectivity index (χ1n) is 11.1. The second kappa shape index (κ2) is 8.67. The van der Waals surface area contributed by atoms with Gasteiger partial charge in [0.05, 0.1) is 40.7 Å². The van der Waals surface area contributed by atoms with E-state index in [-0.39, 0.29) is 23.0 Å². The van der Waals surface area contributed by atoms with E-state index in [1.165, 1.54) is 18.5 Å². The quantitative estimate of drug-likeness (QED) is 0.422. The Balaban J connectivity index is 1.41. The van der Waals surface area contributed by atoms with Crippen LogP contribution in [0, 0.1) is 17.1 Å². The number of rotatable bonds is 6. The molecule has 0 spiro atoms. The van der Waals surface area contributed by atoms with Gasteiger partial charge >= 0.3 is 0 Å². The highest BCUT2D eigenvalue weighted by Crippen LogP contribution is 2.40. The summed E-state index contributed by atoms with van der Waals surface area (Å²) in [5, 5.41) is 17.9. The molecule has 178 valence electrons. The third kappa shape index (κ3) is 3.98. The number of fused-ring (bicyclic) bond motifs is 1. The summed E-state index contributed by atoms with van der Waals surface area (Å²) in [4.78, 5) is 25.8. The maximum atomic E-state index is 14.8. The Hall–Kier alpha value is -3.97. The number of benzene rings is 1. The molecule has 1 amide bonds. The summed E-state index contributed by atoms with van der Waals surface area (Å²) in [5.41, 5.74) is 2.03. The molecule has 3 aromatic heterocycles. The van der Waals surface area contributed by atoms with Gasteiger partial charge in [-0.15, -0.1) is 0 Å². The minimum absolute atomic E-state index is 0.103. The number of anilines is 1. The van der Waals surface area contributed by atoms with Crippen molar-refractivity contribution in [1.29, 1.82) is 5.26 Å². The van der Waals surface area contributed by atoms with E-state index in [2.05, 4.69) is 31.4 Å². The molecule has 1 aliphatic rings. The molecule has 2 N–H and O–H groups in total. The molecule has 0 saturated carbocycles. The molecule has 0 atom stereocenters. The monoisotopic (exact) mass is 492 g/mol. The van der Waals surface area contributed by atoms with Crippen LogP contribution in [0.25, 0.3) is 22.3 Å². The van der Waals surface area contributed by atoms with Crippen LogP contribution in [0.1, 0.15) is 30.6 Å². The molecule has 5 rings (SSSR count). The SMILES string of the molecule is CC(C)NC(=O)c1cc(Cl)c(N2CC(CC#N)(n3cc(-c4ncnc5[nH]ccc45)cn3)C2)cc1F. The molecule has 0 radical (unpaired) electrons. The number of nitrogens with zero attached hydrogens (tertiary/aromatic N) is 6. The average molecular weight is 493 g/mol. The molecule has 4 aromatic rings. The lowest BCUT2D eigenvalue weighted by molar-refractivity contribution is 0.0939. The van der Waals surface area contributed by atoms with Gasteiger partial charge in [-0.3, -0.25) is 9.48 Å². The van der Waals surface area contributed by atoms with Gasteiger partial charge in [0, 0.05) is 42.5 Å². The predicted molar refractivity (Wildman–Crippen MR) is 130 cm³/mol. The fourth-order valence-corrected chi connectivity index (χ4v) is 4.70. The van der Waals surface area contributed by atoms with Gasteiger partial charge in [-0.25, -0.2) is 14.4 Å². The summed E-state index contributed by atoms with van der Waals surface area (Å²) >= 11 is 6.44. The van der Waals surface area contributed by atoms with Crippen molar-refractivity contribution >= 4 is 34.2 Å². The number of nitriles is 1. The van der Waals surface area contributed by atoms with Crippen LogP contribution < -0.4 is 10.2 Å². The number of aromatic nitrogens is 5. The number of nitrogens with one attached hydrogen (secondary N) is 2. The van der Waals surface area contributed by atoms with Gasteiger partial charge in [0.25, 0.3) is 5.91 Å². The van der Waals surface area contributed by atoms with Crippen molar-refractivity contribution in [2.45, 2.75) is 31.8 Å². The van der Waals surface area contributed by atoms with E-state index in [0.717, 1.165) is 22.3 Å². The standard InChI is InChI=1S/C24H22ClFN8O/c1-14(2)32-23(35)17-7-18(25)20(8-19(17)26)33-11-24(12-33,4-5-27)34-10-15(9-31-34)21-16-3-6-28-22(16)30-13-29-21/h3,6-10,13-14H,4,11-12H2,1-2H3,(H,32,35)(H,28,29,30). The van der Waals surface area contributed by atoms with Gasteiger partial charge < -0.3 is 15.2 Å². The summed E-state index contributed by atoms with van der Waals surface area (Å²) in [5.74, 6) is -1.17. The van der Waals surface area contributed by atoms with Crippen LogP contribution in [0.15, 0.2) is 43.1 Å². The Kier molecular flexibility index (Phi) is 5.65. The zero-order chi connectivity index (χ0) is 24.7. The maximum absolute atomic E-state index is 14.8. The highest BCUT2D eigenvalue weighted by atomic mass is 35.5. The highest BCUT2D eigenvalue weighted by Gasteiger charge is 2.46. The Morgan fingerprint density at radius 1 is 1.37 bits per heavy atom. The molecule has 1 aliphatic heterocycles. The topological polar surface area (TPSA) is 116 Å². The zero-order valence-electron chi connectivity index (χ0n) is 19.1. The molecule has 1 saturated heterocycles. The Bertz CT molecular complexity index is 1460. The van der Waals surface area contributed by atoms with Gasteiger partial charge in [-0.2, -0.15) is 10.4 Å². The molecule has 1 aromatic carbocycles. The summed E-state index contributed by atoms with van der Waals surface area (Å²) in [7, 11) is 0. The van der Waals surface area contributed by atoms with Crippen LogP contribution in [-0.2, 0) is 5.54 Å². The van der Waals surface area contributed by atoms with E-state index in [4.69, 9.17) is 11.6 Å². The number of hydrogen-bond acceptors (Lipinski definition) is 6. The number of halogens is 2. The maximum Gasteiger partial charge on any atom is 0.254 e. The van der Waals surface area contributed by atoms with Crippen LogP contribution in [-0.4, -0.2) is 49.8 Å². The highest BCUT2D eigenvalue weighted by molar-refractivity contribution is 6.33. The van der Waals surface area contributed by atoms with Crippen molar-refractivity contribution in [2.75, 3.05) is 18.0 Å². The van der Waals surface area contributed by atoms with E-state index >= 15 is 0 Å². The van der Waals surface area contributed by atoms with E-state index in [0.29, 0.717) is 18.8 Å². The minimum Gasteiger partial charge on any atom is -0.365 e. The van der Waals surface area contributed by atoms with Gasteiger partial charge in [0.1, 0.15) is 23.3 Å². The second-order valence-corrected chi connectivity index (χ2v) is 9.37. The minimum atomic E-state index is -0.652. The fourth-order valence-electron chi connectivity index (χ4n) is 4.42. The molecule has 1 fully saturated rings. The van der Waals surface area contributed by atoms with E-state index in [1.807, 2.05) is 17.2 Å². The fraction of sp³-hybridized carbons (Fsp3) is 0.292. The van der Waals surface area contributed by atoms with E-state index in [9.17, 15) is 14.4 Å². The smallest absolute Gasteiger partial charge is 0.254 e. The van der Waals surface area contributed by atoms with Gasteiger partial charge in [-0.1, -0.05) is 11.6 Å². The third-order valence-electron chi connectivity index (χ3n) is 6.12. The summed E-state index contributed by atoms with van der Waals surface area (Å²) < 4.78 is 16.6. The van der Waals surface area contributed by atoms with Crippen LogP contribution in [0.3, 0.4) is 0 Å². The molecule has 11 heteroatoms. The molecule has 0 bridgehead atoms. The van der Waals surface area contributed by atoms with Crippen LogP contribution in [0.4, 0.5) is 10.1 Å². The van der Waals surface area contributed by atoms with Crippen LogP contribution in [0.2, 0.25) is 5.02 Å². The lowest BCUT2D eigenvalue weighted by Crippen LogP contribution is -2.63. The summed E-state index contributed by atoms with van der Waals surface area (Å²) in [6, 6.07) is 6.63. The van der Waals surface area contributed by atoms with Crippen molar-refractivity contribution in [1.82, 2.24) is 30.0 Å². The molecule has 0 unspecified atom stereocenters. The Labute approximate surface area is 205 Å². The third-order valence-corrected chi connectivity index (χ3v) is 6.42. The number of carbonyl (C=O) groups excluding carboxylic acids is 1. The lowest BCUT2D eigenvalue weighted by Gasteiger charge is -2.50. The summed E-state index contributed by atoms with van der Waals surface area (Å²) in [6.45, 7) is 4.41. The van der Waals surface area contributed by atoms with E-state index in [1.54, 1.807) is 30.9 Å². The molecule has 9 nitrogen and oxygen atoms in total. The number of H-pyrrole nitrogens is 1. The van der Waals surface area contributed by atoms with Crippen molar-refractivity contribution in [3.63, 3.8) is 0 Å². The van der Waals surface area contributed by atoms with Crippen molar-refractivity contribution < 1.29 is 9.18 Å². The first-order chi connectivity index (χ1) is 16.8. The normalized spacial score (nSPS) is 14.7. The van der Waals surface area contributed by atoms with Gasteiger partial charge in [0.2, 0.25) is 0 Å². The van der Waals surface area contributed by atoms with E-state index < -0.39 is 17.3 Å². The summed E-state index contributed by atoms with van der Waals surface area (Å²) in [6.07, 6.45) is 7.08. The van der Waals surface area contributed by atoms with Crippen LogP contribution in [0.5, 0.6) is 0 Å². The lowest BCUT2D eigenvalue weighted by atomic mass is 9.86. The Morgan fingerprint density at radius 3 is 2.91 bits per heavy atom. The van der Waals surface area contributed by atoms with Crippen molar-refractivity contribution in [3.05, 3.63) is 59.5 Å². The Morgan fingerprint density at radius 2 is 2.17 bits per heavy atom. The predicted octanol–water partition coefficient (Wildman–Crippen LogP) is 3.88. The number of aromatic amines is 1.